The van der Waals surface area contributed by atoms with Crippen LogP contribution in [0.3, 0.4) is 0 Å². The first-order valence-corrected chi connectivity index (χ1v) is 6.23. The molecule has 0 bridgehead atoms. The summed E-state index contributed by atoms with van der Waals surface area (Å²) in [6.07, 6.45) is 2.02. The summed E-state index contributed by atoms with van der Waals surface area (Å²) in [6.45, 7) is 2.81. The fourth-order valence-electron chi connectivity index (χ4n) is 1.23. The van der Waals surface area contributed by atoms with Crippen LogP contribution in [-0.4, -0.2) is 29.1 Å². The van der Waals surface area contributed by atoms with Gasteiger partial charge in [-0.1, -0.05) is 6.92 Å². The minimum atomic E-state index is -0.966. The zero-order chi connectivity index (χ0) is 12.1. The molecule has 0 amide bonds. The number of carboxylic acid groups (broad SMARTS) is 1. The van der Waals surface area contributed by atoms with Gasteiger partial charge in [0.25, 0.3) is 0 Å². The maximum absolute atomic E-state index is 11.0. The average molecular weight is 240 g/mol. The Morgan fingerprint density at radius 3 is 2.88 bits per heavy atom. The Morgan fingerprint density at radius 2 is 2.31 bits per heavy atom. The van der Waals surface area contributed by atoms with E-state index >= 15 is 0 Å². The SMILES string of the molecule is CSC(C)CNc1ccc(N)cc1C(=O)O. The first kappa shape index (κ1) is 12.7. The van der Waals surface area contributed by atoms with Gasteiger partial charge in [0.2, 0.25) is 0 Å². The van der Waals surface area contributed by atoms with Crippen LogP contribution in [-0.2, 0) is 0 Å². The fraction of sp³-hybridized carbons (Fsp3) is 0.364. The highest BCUT2D eigenvalue weighted by Crippen LogP contribution is 2.19. The van der Waals surface area contributed by atoms with Gasteiger partial charge >= 0.3 is 5.97 Å². The van der Waals surface area contributed by atoms with E-state index in [1.807, 2.05) is 6.26 Å². The lowest BCUT2D eigenvalue weighted by atomic mass is 10.1. The van der Waals surface area contributed by atoms with Crippen molar-refractivity contribution in [1.29, 1.82) is 0 Å². The molecule has 0 radical (unpaired) electrons. The van der Waals surface area contributed by atoms with Gasteiger partial charge in [-0.2, -0.15) is 11.8 Å². The predicted molar refractivity (Wildman–Crippen MR) is 69.3 cm³/mol. The van der Waals surface area contributed by atoms with Gasteiger partial charge in [-0.25, -0.2) is 4.79 Å². The van der Waals surface area contributed by atoms with Crippen LogP contribution >= 0.6 is 11.8 Å². The molecule has 0 aromatic heterocycles. The van der Waals surface area contributed by atoms with Crippen LogP contribution < -0.4 is 11.1 Å². The molecule has 16 heavy (non-hydrogen) atoms. The number of rotatable bonds is 5. The number of anilines is 2. The minimum Gasteiger partial charge on any atom is -0.478 e. The number of nitrogen functional groups attached to an aromatic ring is 1. The fourth-order valence-corrected chi connectivity index (χ4v) is 1.48. The molecular weight excluding hydrogens is 224 g/mol. The number of aromatic carboxylic acids is 1. The van der Waals surface area contributed by atoms with Crippen LogP contribution in [0.25, 0.3) is 0 Å². The van der Waals surface area contributed by atoms with Gasteiger partial charge in [0, 0.05) is 23.2 Å². The monoisotopic (exact) mass is 240 g/mol. The van der Waals surface area contributed by atoms with E-state index in [9.17, 15) is 4.79 Å². The lowest BCUT2D eigenvalue weighted by Crippen LogP contribution is -2.15. The van der Waals surface area contributed by atoms with Gasteiger partial charge in [0.05, 0.1) is 5.56 Å². The van der Waals surface area contributed by atoms with Crippen molar-refractivity contribution in [2.45, 2.75) is 12.2 Å². The second kappa shape index (κ2) is 5.65. The van der Waals surface area contributed by atoms with E-state index in [1.165, 1.54) is 6.07 Å². The summed E-state index contributed by atoms with van der Waals surface area (Å²) < 4.78 is 0. The van der Waals surface area contributed by atoms with Crippen molar-refractivity contribution in [1.82, 2.24) is 0 Å². The van der Waals surface area contributed by atoms with E-state index in [0.29, 0.717) is 16.6 Å². The molecule has 1 unspecified atom stereocenters. The van der Waals surface area contributed by atoms with Crippen molar-refractivity contribution in [2.75, 3.05) is 23.9 Å². The van der Waals surface area contributed by atoms with Crippen molar-refractivity contribution in [3.8, 4) is 0 Å². The van der Waals surface area contributed by atoms with Crippen molar-refractivity contribution in [3.05, 3.63) is 23.8 Å². The van der Waals surface area contributed by atoms with Crippen molar-refractivity contribution in [2.24, 2.45) is 0 Å². The van der Waals surface area contributed by atoms with Crippen LogP contribution in [0, 0.1) is 0 Å². The van der Waals surface area contributed by atoms with Crippen LogP contribution in [0.5, 0.6) is 0 Å². The molecule has 4 N–H and O–H groups in total. The highest BCUT2D eigenvalue weighted by Gasteiger charge is 2.10. The molecule has 0 spiro atoms. The van der Waals surface area contributed by atoms with Gasteiger partial charge in [0.1, 0.15) is 0 Å². The Hall–Kier alpha value is -1.36. The summed E-state index contributed by atoms with van der Waals surface area (Å²) in [7, 11) is 0. The highest BCUT2D eigenvalue weighted by molar-refractivity contribution is 7.99. The van der Waals surface area contributed by atoms with Crippen molar-refractivity contribution < 1.29 is 9.90 Å². The highest BCUT2D eigenvalue weighted by atomic mass is 32.2. The van der Waals surface area contributed by atoms with E-state index in [0.717, 1.165) is 6.54 Å². The molecule has 0 saturated heterocycles. The maximum atomic E-state index is 11.0. The molecular formula is C11H16N2O2S. The Bertz CT molecular complexity index is 382. The summed E-state index contributed by atoms with van der Waals surface area (Å²) in [4.78, 5) is 11.0. The molecule has 1 rings (SSSR count). The number of nitrogens with two attached hydrogens (primary N) is 1. The first-order chi connectivity index (χ1) is 7.54. The van der Waals surface area contributed by atoms with Crippen LogP contribution in [0.4, 0.5) is 11.4 Å². The molecule has 0 aliphatic heterocycles. The van der Waals surface area contributed by atoms with Crippen LogP contribution in [0.1, 0.15) is 17.3 Å². The smallest absolute Gasteiger partial charge is 0.337 e. The predicted octanol–water partition coefficient (Wildman–Crippen LogP) is 2.13. The van der Waals surface area contributed by atoms with E-state index in [1.54, 1.807) is 23.9 Å². The lowest BCUT2D eigenvalue weighted by molar-refractivity contribution is 0.0698. The number of thioether (sulfide) groups is 1. The van der Waals surface area contributed by atoms with Crippen LogP contribution in [0.2, 0.25) is 0 Å². The molecule has 0 aliphatic rings. The maximum Gasteiger partial charge on any atom is 0.337 e. The normalized spacial score (nSPS) is 12.1. The Kier molecular flexibility index (Phi) is 4.49. The lowest BCUT2D eigenvalue weighted by Gasteiger charge is -2.13. The number of nitrogens with one attached hydrogen (secondary N) is 1. The zero-order valence-corrected chi connectivity index (χ0v) is 10.2. The number of hydrogen-bond donors (Lipinski definition) is 3. The summed E-state index contributed by atoms with van der Waals surface area (Å²) in [5.41, 5.74) is 6.84. The van der Waals surface area contributed by atoms with Crippen LogP contribution in [0.15, 0.2) is 18.2 Å². The molecule has 0 heterocycles. The third-order valence-corrected chi connectivity index (χ3v) is 3.23. The van der Waals surface area contributed by atoms with Gasteiger partial charge in [0.15, 0.2) is 0 Å². The summed E-state index contributed by atoms with van der Waals surface area (Å²) in [5.74, 6) is -0.966. The Balaban J connectivity index is 2.82. The van der Waals surface area contributed by atoms with E-state index in [4.69, 9.17) is 10.8 Å². The van der Waals surface area contributed by atoms with E-state index in [2.05, 4.69) is 12.2 Å². The Labute approximate surface area is 99.2 Å². The number of carbonyl (C=O) groups is 1. The third-order valence-electron chi connectivity index (χ3n) is 2.26. The molecule has 0 fully saturated rings. The summed E-state index contributed by atoms with van der Waals surface area (Å²) >= 11 is 1.73. The molecule has 0 saturated carbocycles. The molecule has 0 aliphatic carbocycles. The van der Waals surface area contributed by atoms with E-state index < -0.39 is 5.97 Å². The van der Waals surface area contributed by atoms with Crippen molar-refractivity contribution >= 4 is 29.1 Å². The number of carboxylic acids is 1. The van der Waals surface area contributed by atoms with Gasteiger partial charge < -0.3 is 16.2 Å². The summed E-state index contributed by atoms with van der Waals surface area (Å²) in [6, 6.07) is 4.86. The van der Waals surface area contributed by atoms with Gasteiger partial charge in [-0.3, -0.25) is 0 Å². The second-order valence-corrected chi connectivity index (χ2v) is 4.81. The quantitative estimate of drug-likeness (QED) is 0.687. The standard InChI is InChI=1S/C11H16N2O2S/c1-7(16-2)6-13-10-4-3-8(12)5-9(10)11(14)15/h3-5,7,13H,6,12H2,1-2H3,(H,14,15). The molecule has 5 heteroatoms. The topological polar surface area (TPSA) is 75.3 Å². The van der Waals surface area contributed by atoms with Crippen molar-refractivity contribution in [3.63, 3.8) is 0 Å². The first-order valence-electron chi connectivity index (χ1n) is 4.94. The zero-order valence-electron chi connectivity index (χ0n) is 9.36. The Morgan fingerprint density at radius 1 is 1.62 bits per heavy atom. The largest absolute Gasteiger partial charge is 0.478 e. The summed E-state index contributed by atoms with van der Waals surface area (Å²) in [5, 5.41) is 12.6. The average Bonchev–Trinajstić information content (AvgIpc) is 2.26. The molecule has 1 aromatic carbocycles. The molecule has 1 aromatic rings. The number of benzene rings is 1. The minimum absolute atomic E-state index is 0.216. The molecule has 1 atom stereocenters. The van der Waals surface area contributed by atoms with E-state index in [-0.39, 0.29) is 5.56 Å². The number of hydrogen-bond acceptors (Lipinski definition) is 4. The molecule has 4 nitrogen and oxygen atoms in total. The molecule has 88 valence electrons. The van der Waals surface area contributed by atoms with Gasteiger partial charge in [-0.05, 0) is 24.5 Å². The second-order valence-electron chi connectivity index (χ2n) is 3.54. The van der Waals surface area contributed by atoms with Gasteiger partial charge in [-0.15, -0.1) is 0 Å². The third kappa shape index (κ3) is 3.34.